The zero-order valence-corrected chi connectivity index (χ0v) is 13.6. The second-order valence-corrected chi connectivity index (χ2v) is 6.30. The summed E-state index contributed by atoms with van der Waals surface area (Å²) in [5.41, 5.74) is 6.38. The minimum Gasteiger partial charge on any atom is -0.491 e. The molecule has 0 bridgehead atoms. The topological polar surface area (TPSA) is 38.5 Å². The monoisotopic (exact) mass is 330 g/mol. The van der Waals surface area contributed by atoms with Gasteiger partial charge in [-0.25, -0.2) is 0 Å². The highest BCUT2D eigenvalue weighted by Gasteiger charge is 2.21. The zero-order valence-electron chi connectivity index (χ0n) is 11.2. The Hall–Kier alpha value is -0.650. The van der Waals surface area contributed by atoms with Gasteiger partial charge in [0.15, 0.2) is 0 Å². The predicted molar refractivity (Wildman–Crippen MR) is 83.3 cm³/mol. The third-order valence-electron chi connectivity index (χ3n) is 3.01. The van der Waals surface area contributed by atoms with E-state index in [2.05, 4.69) is 34.7 Å². The van der Waals surface area contributed by atoms with Crippen LogP contribution in [0.3, 0.4) is 0 Å². The summed E-state index contributed by atoms with van der Waals surface area (Å²) in [6.45, 7) is 4.86. The van der Waals surface area contributed by atoms with Crippen LogP contribution in [0.1, 0.15) is 19.4 Å². The summed E-state index contributed by atoms with van der Waals surface area (Å²) in [4.78, 5) is 2.51. The lowest BCUT2D eigenvalue weighted by Crippen LogP contribution is -2.43. The highest BCUT2D eigenvalue weighted by Crippen LogP contribution is 2.27. The van der Waals surface area contributed by atoms with Crippen LogP contribution in [0.5, 0.6) is 5.75 Å². The molecule has 0 spiro atoms. The van der Waals surface area contributed by atoms with Gasteiger partial charge in [-0.1, -0.05) is 12.2 Å². The Kier molecular flexibility index (Phi) is 5.13. The number of likely N-dealkylation sites (N-methyl/N-ethyl adjacent to an activating group) is 1. The fourth-order valence-corrected chi connectivity index (χ4v) is 1.77. The number of benzene rings is 1. The quantitative estimate of drug-likeness (QED) is 0.842. The molecule has 1 aromatic carbocycles. The van der Waals surface area contributed by atoms with E-state index in [1.165, 1.54) is 0 Å². The van der Waals surface area contributed by atoms with Crippen LogP contribution in [-0.2, 0) is 0 Å². The van der Waals surface area contributed by atoms with Crippen LogP contribution < -0.4 is 10.5 Å². The van der Waals surface area contributed by atoms with Crippen molar-refractivity contribution in [1.82, 2.24) is 4.90 Å². The molecule has 0 unspecified atom stereocenters. The van der Waals surface area contributed by atoms with E-state index >= 15 is 0 Å². The normalized spacial score (nSPS) is 11.7. The average Bonchev–Trinajstić information content (AvgIpc) is 2.26. The van der Waals surface area contributed by atoms with Crippen LogP contribution in [-0.4, -0.2) is 36.1 Å². The molecule has 0 saturated carbocycles. The molecule has 0 heterocycles. The maximum atomic E-state index is 5.82. The summed E-state index contributed by atoms with van der Waals surface area (Å²) in [5, 5.41) is 0. The number of ether oxygens (including phenoxy) is 1. The lowest BCUT2D eigenvalue weighted by atomic mass is 10.1. The number of thiocarbonyl (C=S) groups is 1. The molecule has 0 aliphatic carbocycles. The lowest BCUT2D eigenvalue weighted by Gasteiger charge is -2.32. The van der Waals surface area contributed by atoms with Gasteiger partial charge in [0.1, 0.15) is 17.3 Å². The number of nitrogens with two attached hydrogens (primary N) is 1. The minimum absolute atomic E-state index is 0.0265. The van der Waals surface area contributed by atoms with Gasteiger partial charge in [-0.2, -0.15) is 0 Å². The van der Waals surface area contributed by atoms with Crippen molar-refractivity contribution in [2.24, 2.45) is 5.73 Å². The molecule has 0 saturated heterocycles. The highest BCUT2D eigenvalue weighted by molar-refractivity contribution is 9.10. The first-order valence-electron chi connectivity index (χ1n) is 5.63. The Morgan fingerprint density at radius 2 is 2.06 bits per heavy atom. The van der Waals surface area contributed by atoms with Crippen LogP contribution >= 0.6 is 28.1 Å². The summed E-state index contributed by atoms with van der Waals surface area (Å²) in [6.07, 6.45) is 0. The molecule has 100 valence electrons. The first-order valence-corrected chi connectivity index (χ1v) is 6.84. The number of halogens is 1. The fraction of sp³-hybridized carbons (Fsp3) is 0.462. The Morgan fingerprint density at radius 3 is 2.50 bits per heavy atom. The van der Waals surface area contributed by atoms with E-state index in [4.69, 9.17) is 22.7 Å². The molecule has 1 aromatic rings. The van der Waals surface area contributed by atoms with E-state index in [0.717, 1.165) is 15.8 Å². The van der Waals surface area contributed by atoms with Gasteiger partial charge in [-0.15, -0.1) is 0 Å². The summed E-state index contributed by atoms with van der Waals surface area (Å²) < 4.78 is 6.69. The molecule has 3 nitrogen and oxygen atoms in total. The number of hydrogen-bond donors (Lipinski definition) is 1. The van der Waals surface area contributed by atoms with Gasteiger partial charge < -0.3 is 15.4 Å². The standard InChI is InChI=1S/C13H19BrN2OS/c1-13(2,16(3)4)8-17-11-6-5-9(12(15)18)7-10(11)14/h5-7H,8H2,1-4H3,(H2,15,18). The van der Waals surface area contributed by atoms with Gasteiger partial charge in [-0.3, -0.25) is 0 Å². The van der Waals surface area contributed by atoms with Gasteiger partial charge in [0.25, 0.3) is 0 Å². The molecule has 0 fully saturated rings. The van der Waals surface area contributed by atoms with Crippen LogP contribution in [0.4, 0.5) is 0 Å². The first-order chi connectivity index (χ1) is 8.24. The van der Waals surface area contributed by atoms with E-state index in [-0.39, 0.29) is 5.54 Å². The second-order valence-electron chi connectivity index (χ2n) is 5.00. The van der Waals surface area contributed by atoms with Crippen LogP contribution in [0, 0.1) is 0 Å². The lowest BCUT2D eigenvalue weighted by molar-refractivity contribution is 0.113. The van der Waals surface area contributed by atoms with Crippen LogP contribution in [0.25, 0.3) is 0 Å². The molecule has 0 aliphatic rings. The van der Waals surface area contributed by atoms with Crippen molar-refractivity contribution in [2.45, 2.75) is 19.4 Å². The van der Waals surface area contributed by atoms with Crippen molar-refractivity contribution in [3.63, 3.8) is 0 Å². The molecule has 0 aromatic heterocycles. The molecule has 1 rings (SSSR count). The Labute approximate surface area is 122 Å². The molecule has 0 aliphatic heterocycles. The molecular weight excluding hydrogens is 312 g/mol. The van der Waals surface area contributed by atoms with E-state index in [1.54, 1.807) is 0 Å². The van der Waals surface area contributed by atoms with Gasteiger partial charge in [0, 0.05) is 11.1 Å². The largest absolute Gasteiger partial charge is 0.491 e. The SMILES string of the molecule is CN(C)C(C)(C)COc1ccc(C(N)=S)cc1Br. The Balaban J connectivity index is 2.78. The van der Waals surface area contributed by atoms with E-state index < -0.39 is 0 Å². The third-order valence-corrected chi connectivity index (χ3v) is 3.86. The van der Waals surface area contributed by atoms with Crippen molar-refractivity contribution >= 4 is 33.1 Å². The third kappa shape index (κ3) is 3.93. The predicted octanol–water partition coefficient (Wildman–Crippen LogP) is 2.80. The van der Waals surface area contributed by atoms with Crippen LogP contribution in [0.15, 0.2) is 22.7 Å². The van der Waals surface area contributed by atoms with Crippen molar-refractivity contribution < 1.29 is 4.74 Å². The van der Waals surface area contributed by atoms with Crippen LogP contribution in [0.2, 0.25) is 0 Å². The minimum atomic E-state index is -0.0265. The van der Waals surface area contributed by atoms with Crippen molar-refractivity contribution in [3.05, 3.63) is 28.2 Å². The van der Waals surface area contributed by atoms with Crippen molar-refractivity contribution in [3.8, 4) is 5.75 Å². The molecular formula is C13H19BrN2OS. The smallest absolute Gasteiger partial charge is 0.133 e. The maximum Gasteiger partial charge on any atom is 0.133 e. The molecule has 0 amide bonds. The Morgan fingerprint density at radius 1 is 1.44 bits per heavy atom. The highest BCUT2D eigenvalue weighted by atomic mass is 79.9. The summed E-state index contributed by atoms with van der Waals surface area (Å²) >= 11 is 8.40. The summed E-state index contributed by atoms with van der Waals surface area (Å²) in [7, 11) is 4.07. The van der Waals surface area contributed by atoms with E-state index in [1.807, 2.05) is 32.3 Å². The fourth-order valence-electron chi connectivity index (χ4n) is 1.15. The number of hydrogen-bond acceptors (Lipinski definition) is 3. The Bertz CT molecular complexity index is 447. The second kappa shape index (κ2) is 5.99. The van der Waals surface area contributed by atoms with Crippen molar-refractivity contribution in [1.29, 1.82) is 0 Å². The molecule has 0 radical (unpaired) electrons. The molecule has 2 N–H and O–H groups in total. The van der Waals surface area contributed by atoms with E-state index in [9.17, 15) is 0 Å². The van der Waals surface area contributed by atoms with Gasteiger partial charge in [-0.05, 0) is 62.1 Å². The van der Waals surface area contributed by atoms with Gasteiger partial charge in [0.05, 0.1) is 4.47 Å². The summed E-state index contributed by atoms with van der Waals surface area (Å²) in [5.74, 6) is 0.796. The molecule has 18 heavy (non-hydrogen) atoms. The van der Waals surface area contributed by atoms with E-state index in [0.29, 0.717) is 11.6 Å². The number of nitrogens with zero attached hydrogens (tertiary/aromatic N) is 1. The zero-order chi connectivity index (χ0) is 13.9. The average molecular weight is 331 g/mol. The first kappa shape index (κ1) is 15.4. The van der Waals surface area contributed by atoms with Gasteiger partial charge >= 0.3 is 0 Å². The van der Waals surface area contributed by atoms with Crippen molar-refractivity contribution in [2.75, 3.05) is 20.7 Å². The molecule has 0 atom stereocenters. The molecule has 5 heteroatoms. The maximum absolute atomic E-state index is 5.82. The summed E-state index contributed by atoms with van der Waals surface area (Å²) in [6, 6.07) is 5.62. The number of rotatable bonds is 5. The van der Waals surface area contributed by atoms with Gasteiger partial charge in [0.2, 0.25) is 0 Å².